The highest BCUT2D eigenvalue weighted by atomic mass is 16.4. The van der Waals surface area contributed by atoms with E-state index in [1.54, 1.807) is 6.92 Å². The number of hydrogen-bond donors (Lipinski definition) is 3. The minimum Gasteiger partial charge on any atom is -0.480 e. The predicted octanol–water partition coefficient (Wildman–Crippen LogP) is 0.853. The van der Waals surface area contributed by atoms with Gasteiger partial charge in [-0.2, -0.15) is 5.26 Å². The molecule has 0 saturated carbocycles. The van der Waals surface area contributed by atoms with Gasteiger partial charge in [0, 0.05) is 25.7 Å². The van der Waals surface area contributed by atoms with Crippen molar-refractivity contribution in [1.29, 1.82) is 5.26 Å². The Balaban J connectivity index is 2.88. The normalized spacial score (nSPS) is 13.9. The Morgan fingerprint density at radius 2 is 1.83 bits per heavy atom. The SMILES string of the molecule is CC(=O)N[C@@H](Cc1ccccc1)C(=O)N[C@@H](C(=O)O)[C@H](C)CC#N. The standard InChI is InChI=1S/C17H21N3O4/c1-11(8-9-18)15(17(23)24)20-16(22)14(19-12(2)21)10-13-6-4-3-5-7-13/h3-7,11,14-15H,8,10H2,1-2H3,(H,19,21)(H,20,22)(H,23,24)/t11-,14+,15-/m1/s1. The summed E-state index contributed by atoms with van der Waals surface area (Å²) in [6.07, 6.45) is 0.242. The maximum Gasteiger partial charge on any atom is 0.326 e. The molecule has 7 nitrogen and oxygen atoms in total. The van der Waals surface area contributed by atoms with Gasteiger partial charge in [0.05, 0.1) is 6.07 Å². The molecule has 1 rings (SSSR count). The summed E-state index contributed by atoms with van der Waals surface area (Å²) >= 11 is 0. The van der Waals surface area contributed by atoms with Crippen LogP contribution in [-0.2, 0) is 20.8 Å². The highest BCUT2D eigenvalue weighted by molar-refractivity contribution is 5.90. The molecular formula is C17H21N3O4. The number of carboxylic acid groups (broad SMARTS) is 1. The summed E-state index contributed by atoms with van der Waals surface area (Å²) in [6.45, 7) is 2.87. The molecule has 1 aromatic rings. The largest absolute Gasteiger partial charge is 0.480 e. The molecule has 0 saturated heterocycles. The van der Waals surface area contributed by atoms with E-state index >= 15 is 0 Å². The third kappa shape index (κ3) is 6.08. The van der Waals surface area contributed by atoms with Crippen LogP contribution in [0.1, 0.15) is 25.8 Å². The molecule has 0 spiro atoms. The van der Waals surface area contributed by atoms with E-state index in [0.717, 1.165) is 5.56 Å². The molecule has 24 heavy (non-hydrogen) atoms. The van der Waals surface area contributed by atoms with Crippen LogP contribution in [0.2, 0.25) is 0 Å². The molecule has 0 aromatic heterocycles. The van der Waals surface area contributed by atoms with E-state index in [4.69, 9.17) is 5.26 Å². The zero-order valence-corrected chi connectivity index (χ0v) is 13.7. The van der Waals surface area contributed by atoms with Crippen LogP contribution in [0.5, 0.6) is 0 Å². The zero-order chi connectivity index (χ0) is 18.1. The minimum atomic E-state index is -1.22. The van der Waals surface area contributed by atoms with Crippen molar-refractivity contribution in [2.24, 2.45) is 5.92 Å². The van der Waals surface area contributed by atoms with E-state index in [0.29, 0.717) is 0 Å². The number of benzene rings is 1. The number of rotatable bonds is 8. The summed E-state index contributed by atoms with van der Waals surface area (Å²) in [6, 6.07) is 8.90. The van der Waals surface area contributed by atoms with Crippen LogP contribution in [0.4, 0.5) is 0 Å². The van der Waals surface area contributed by atoms with Crippen molar-refractivity contribution in [3.63, 3.8) is 0 Å². The van der Waals surface area contributed by atoms with Crippen LogP contribution in [-0.4, -0.2) is 35.0 Å². The Bertz CT molecular complexity index is 624. The molecule has 0 radical (unpaired) electrons. The molecule has 3 atom stereocenters. The fourth-order valence-corrected chi connectivity index (χ4v) is 2.27. The average molecular weight is 331 g/mol. The molecule has 0 aliphatic carbocycles. The summed E-state index contributed by atoms with van der Waals surface area (Å²) in [7, 11) is 0. The van der Waals surface area contributed by atoms with Gasteiger partial charge in [-0.1, -0.05) is 37.3 Å². The van der Waals surface area contributed by atoms with E-state index in [1.807, 2.05) is 36.4 Å². The van der Waals surface area contributed by atoms with Gasteiger partial charge in [-0.3, -0.25) is 9.59 Å². The van der Waals surface area contributed by atoms with Gasteiger partial charge in [0.15, 0.2) is 0 Å². The maximum absolute atomic E-state index is 12.4. The summed E-state index contributed by atoms with van der Waals surface area (Å²) in [5.74, 6) is -2.74. The summed E-state index contributed by atoms with van der Waals surface area (Å²) in [5.41, 5.74) is 0.836. The first-order valence-electron chi connectivity index (χ1n) is 7.56. The monoisotopic (exact) mass is 331 g/mol. The number of nitrogens with one attached hydrogen (secondary N) is 2. The Morgan fingerprint density at radius 1 is 1.21 bits per heavy atom. The molecule has 0 bridgehead atoms. The molecule has 7 heteroatoms. The van der Waals surface area contributed by atoms with Crippen LogP contribution in [0, 0.1) is 17.2 Å². The molecule has 128 valence electrons. The number of amides is 2. The fraction of sp³-hybridized carbons (Fsp3) is 0.412. The van der Waals surface area contributed by atoms with Gasteiger partial charge in [0.2, 0.25) is 11.8 Å². The lowest BCUT2D eigenvalue weighted by molar-refractivity contribution is -0.143. The highest BCUT2D eigenvalue weighted by Gasteiger charge is 2.29. The van der Waals surface area contributed by atoms with Crippen LogP contribution >= 0.6 is 0 Å². The van der Waals surface area contributed by atoms with Crippen molar-refractivity contribution in [3.05, 3.63) is 35.9 Å². The van der Waals surface area contributed by atoms with Gasteiger partial charge in [0.1, 0.15) is 12.1 Å². The number of carbonyl (C=O) groups excluding carboxylic acids is 2. The van der Waals surface area contributed by atoms with Crippen LogP contribution in [0.25, 0.3) is 0 Å². The third-order valence-electron chi connectivity index (χ3n) is 3.52. The Labute approximate surface area is 140 Å². The van der Waals surface area contributed by atoms with E-state index in [1.165, 1.54) is 6.92 Å². The highest BCUT2D eigenvalue weighted by Crippen LogP contribution is 2.10. The van der Waals surface area contributed by atoms with E-state index < -0.39 is 29.9 Å². The number of carboxylic acids is 1. The second-order valence-corrected chi connectivity index (χ2v) is 5.61. The topological polar surface area (TPSA) is 119 Å². The second kappa shape index (κ2) is 9.30. The van der Waals surface area contributed by atoms with Gasteiger partial charge >= 0.3 is 5.97 Å². The van der Waals surface area contributed by atoms with E-state index in [9.17, 15) is 19.5 Å². The van der Waals surface area contributed by atoms with E-state index in [2.05, 4.69) is 10.6 Å². The van der Waals surface area contributed by atoms with Crippen molar-refractivity contribution < 1.29 is 19.5 Å². The van der Waals surface area contributed by atoms with Gasteiger partial charge in [-0.15, -0.1) is 0 Å². The molecule has 2 amide bonds. The average Bonchev–Trinajstić information content (AvgIpc) is 2.52. The van der Waals surface area contributed by atoms with Crippen LogP contribution < -0.4 is 10.6 Å². The molecule has 1 aromatic carbocycles. The third-order valence-corrected chi connectivity index (χ3v) is 3.52. The Morgan fingerprint density at radius 3 is 2.33 bits per heavy atom. The zero-order valence-electron chi connectivity index (χ0n) is 13.7. The molecule has 0 fully saturated rings. The van der Waals surface area contributed by atoms with Crippen molar-refractivity contribution >= 4 is 17.8 Å². The second-order valence-electron chi connectivity index (χ2n) is 5.61. The molecule has 0 heterocycles. The first-order chi connectivity index (χ1) is 11.3. The van der Waals surface area contributed by atoms with Crippen molar-refractivity contribution in [2.45, 2.75) is 38.8 Å². The van der Waals surface area contributed by atoms with Crippen molar-refractivity contribution in [2.75, 3.05) is 0 Å². The van der Waals surface area contributed by atoms with Crippen LogP contribution in [0.3, 0.4) is 0 Å². The van der Waals surface area contributed by atoms with Gasteiger partial charge < -0.3 is 15.7 Å². The van der Waals surface area contributed by atoms with Crippen LogP contribution in [0.15, 0.2) is 30.3 Å². The number of nitriles is 1. The molecule has 0 unspecified atom stereocenters. The smallest absolute Gasteiger partial charge is 0.326 e. The first kappa shape index (κ1) is 19.2. The number of aliphatic carboxylic acids is 1. The molecule has 3 N–H and O–H groups in total. The Kier molecular flexibility index (Phi) is 7.43. The number of nitrogens with zero attached hydrogens (tertiary/aromatic N) is 1. The first-order valence-corrected chi connectivity index (χ1v) is 7.56. The van der Waals surface area contributed by atoms with E-state index in [-0.39, 0.29) is 18.7 Å². The maximum atomic E-state index is 12.4. The predicted molar refractivity (Wildman–Crippen MR) is 86.7 cm³/mol. The quantitative estimate of drug-likeness (QED) is 0.652. The number of carbonyl (C=O) groups is 3. The summed E-state index contributed by atoms with van der Waals surface area (Å²) in [5, 5.41) is 22.9. The lowest BCUT2D eigenvalue weighted by Gasteiger charge is -2.23. The van der Waals surface area contributed by atoms with Gasteiger partial charge in [0.25, 0.3) is 0 Å². The molecule has 0 aliphatic heterocycles. The van der Waals surface area contributed by atoms with Gasteiger partial charge in [-0.25, -0.2) is 4.79 Å². The molecule has 0 aliphatic rings. The number of hydrogen-bond acceptors (Lipinski definition) is 4. The van der Waals surface area contributed by atoms with Gasteiger partial charge in [-0.05, 0) is 5.56 Å². The lowest BCUT2D eigenvalue weighted by atomic mass is 9.98. The summed E-state index contributed by atoms with van der Waals surface area (Å²) < 4.78 is 0. The lowest BCUT2D eigenvalue weighted by Crippen LogP contribution is -2.53. The summed E-state index contributed by atoms with van der Waals surface area (Å²) in [4.78, 5) is 35.1. The van der Waals surface area contributed by atoms with Crippen molar-refractivity contribution in [1.82, 2.24) is 10.6 Å². The Hall–Kier alpha value is -2.88. The van der Waals surface area contributed by atoms with Crippen molar-refractivity contribution in [3.8, 4) is 6.07 Å². The fourth-order valence-electron chi connectivity index (χ4n) is 2.27. The molecular weight excluding hydrogens is 310 g/mol. The minimum absolute atomic E-state index is 0.000730.